The van der Waals surface area contributed by atoms with Crippen molar-refractivity contribution in [2.75, 3.05) is 24.6 Å². The van der Waals surface area contributed by atoms with Crippen molar-refractivity contribution in [3.63, 3.8) is 0 Å². The predicted molar refractivity (Wildman–Crippen MR) is 110 cm³/mol. The lowest BCUT2D eigenvalue weighted by atomic mass is 10.0. The van der Waals surface area contributed by atoms with Crippen molar-refractivity contribution in [2.45, 2.75) is 32.5 Å². The van der Waals surface area contributed by atoms with Gasteiger partial charge in [0, 0.05) is 26.2 Å². The van der Waals surface area contributed by atoms with Crippen molar-refractivity contribution in [1.29, 1.82) is 0 Å². The van der Waals surface area contributed by atoms with E-state index in [1.54, 1.807) is 18.3 Å². The van der Waals surface area contributed by atoms with Crippen LogP contribution in [0.4, 0.5) is 5.69 Å². The zero-order chi connectivity index (χ0) is 20.4. The second-order valence-corrected chi connectivity index (χ2v) is 7.59. The summed E-state index contributed by atoms with van der Waals surface area (Å²) in [6.45, 7) is 5.57. The molecule has 0 spiro atoms. The van der Waals surface area contributed by atoms with Gasteiger partial charge in [-0.15, -0.1) is 0 Å². The summed E-state index contributed by atoms with van der Waals surface area (Å²) < 4.78 is 17.4. The fraction of sp³-hybridized carbons (Fsp3) is 0.364. The first-order valence-corrected chi connectivity index (χ1v) is 10.1. The van der Waals surface area contributed by atoms with E-state index in [9.17, 15) is 4.79 Å². The monoisotopic (exact) mass is 414 g/mol. The molecule has 6 nitrogen and oxygen atoms in total. The summed E-state index contributed by atoms with van der Waals surface area (Å²) >= 11 is 5.96. The number of hydrogen-bond acceptors (Lipinski definition) is 6. The Morgan fingerprint density at radius 3 is 2.86 bits per heavy atom. The van der Waals surface area contributed by atoms with Gasteiger partial charge in [-0.3, -0.25) is 9.78 Å². The van der Waals surface area contributed by atoms with Crippen LogP contribution in [0.1, 0.15) is 32.4 Å². The lowest BCUT2D eigenvalue weighted by Crippen LogP contribution is -2.33. The second-order valence-electron chi connectivity index (χ2n) is 7.16. The first kappa shape index (κ1) is 19.6. The van der Waals surface area contributed by atoms with Gasteiger partial charge >= 0.3 is 5.97 Å². The number of hydrogen-bond donors (Lipinski definition) is 0. The maximum absolute atomic E-state index is 11.7. The molecular formula is C22H23ClN2O4. The Balaban J connectivity index is 1.52. The van der Waals surface area contributed by atoms with Crippen molar-refractivity contribution >= 4 is 23.3 Å². The summed E-state index contributed by atoms with van der Waals surface area (Å²) in [5.41, 5.74) is 2.73. The standard InChI is InChI=1S/C22H23ClN2O4/c1-3-27-20(26)13-15-9-11-25(12-10-15)17-5-4-6-18-21(17)29-22(2,28-18)19-8-7-16(23)14-24-19/h4-9,14H,3,10-13H2,1-2H3/t22-/m1/s1. The molecule has 0 saturated heterocycles. The molecule has 4 rings (SSSR count). The number of carbonyl (C=O) groups excluding carboxylic acids is 1. The second kappa shape index (κ2) is 7.95. The number of carbonyl (C=O) groups is 1. The van der Waals surface area contributed by atoms with Crippen molar-refractivity contribution < 1.29 is 19.0 Å². The molecule has 2 aliphatic heterocycles. The summed E-state index contributed by atoms with van der Waals surface area (Å²) in [7, 11) is 0. The Hall–Kier alpha value is -2.73. The van der Waals surface area contributed by atoms with Gasteiger partial charge in [0.05, 0.1) is 23.7 Å². The summed E-state index contributed by atoms with van der Waals surface area (Å²) in [4.78, 5) is 18.3. The molecule has 3 heterocycles. The van der Waals surface area contributed by atoms with Crippen LogP contribution >= 0.6 is 11.6 Å². The highest BCUT2D eigenvalue weighted by molar-refractivity contribution is 6.30. The summed E-state index contributed by atoms with van der Waals surface area (Å²) in [5, 5.41) is 0.562. The number of pyridine rings is 1. The van der Waals surface area contributed by atoms with Gasteiger partial charge in [0.1, 0.15) is 5.69 Å². The molecule has 0 saturated carbocycles. The number of fused-ring (bicyclic) bond motifs is 1. The van der Waals surface area contributed by atoms with Crippen LogP contribution in [0.5, 0.6) is 11.5 Å². The number of aromatic nitrogens is 1. The van der Waals surface area contributed by atoms with Gasteiger partial charge < -0.3 is 19.1 Å². The highest BCUT2D eigenvalue weighted by Crippen LogP contribution is 2.49. The van der Waals surface area contributed by atoms with Crippen molar-refractivity contribution in [2.24, 2.45) is 0 Å². The van der Waals surface area contributed by atoms with Crippen LogP contribution in [-0.4, -0.2) is 30.6 Å². The zero-order valence-corrected chi connectivity index (χ0v) is 17.2. The minimum atomic E-state index is -1.01. The number of ether oxygens (including phenoxy) is 3. The van der Waals surface area contributed by atoms with Gasteiger partial charge in [0.2, 0.25) is 0 Å². The minimum Gasteiger partial charge on any atom is -0.466 e. The molecule has 1 atom stereocenters. The average Bonchev–Trinajstić information content (AvgIpc) is 3.06. The van der Waals surface area contributed by atoms with E-state index in [1.807, 2.05) is 32.0 Å². The number of esters is 1. The molecule has 7 heteroatoms. The third-order valence-electron chi connectivity index (χ3n) is 5.07. The molecule has 0 N–H and O–H groups in total. The fourth-order valence-electron chi connectivity index (χ4n) is 3.60. The average molecular weight is 415 g/mol. The van der Waals surface area contributed by atoms with Crippen LogP contribution in [0, 0.1) is 0 Å². The number of nitrogens with zero attached hydrogens (tertiary/aromatic N) is 2. The van der Waals surface area contributed by atoms with E-state index in [0.29, 0.717) is 41.8 Å². The zero-order valence-electron chi connectivity index (χ0n) is 16.5. The first-order chi connectivity index (χ1) is 14.0. The van der Waals surface area contributed by atoms with Gasteiger partial charge in [-0.1, -0.05) is 29.3 Å². The number of halogens is 1. The lowest BCUT2D eigenvalue weighted by molar-refractivity contribution is -0.142. The van der Waals surface area contributed by atoms with Gasteiger partial charge in [-0.05, 0) is 37.6 Å². The van der Waals surface area contributed by atoms with Crippen LogP contribution in [-0.2, 0) is 15.3 Å². The Bertz CT molecular complexity index is 944. The molecule has 0 bridgehead atoms. The number of anilines is 1. The van der Waals surface area contributed by atoms with Crippen LogP contribution in [0.25, 0.3) is 0 Å². The summed E-state index contributed by atoms with van der Waals surface area (Å²) in [5.74, 6) is 0.205. The Kier molecular flexibility index (Phi) is 5.37. The predicted octanol–water partition coefficient (Wildman–Crippen LogP) is 4.47. The molecule has 0 radical (unpaired) electrons. The van der Waals surface area contributed by atoms with E-state index >= 15 is 0 Å². The molecule has 1 aromatic carbocycles. The van der Waals surface area contributed by atoms with Crippen LogP contribution in [0.15, 0.2) is 48.2 Å². The van der Waals surface area contributed by atoms with E-state index in [-0.39, 0.29) is 5.97 Å². The van der Waals surface area contributed by atoms with E-state index in [0.717, 1.165) is 24.2 Å². The van der Waals surface area contributed by atoms with Crippen molar-refractivity contribution in [3.8, 4) is 11.5 Å². The SMILES string of the molecule is CCOC(=O)CC1=CCN(c2cccc3c2O[C@](C)(c2ccc(Cl)cn2)O3)CC1. The highest BCUT2D eigenvalue weighted by atomic mass is 35.5. The molecule has 152 valence electrons. The summed E-state index contributed by atoms with van der Waals surface area (Å²) in [6, 6.07) is 9.45. The smallest absolute Gasteiger partial charge is 0.309 e. The molecular weight excluding hydrogens is 392 g/mol. The normalized spacial score (nSPS) is 20.4. The van der Waals surface area contributed by atoms with E-state index in [4.69, 9.17) is 25.8 Å². The van der Waals surface area contributed by atoms with Gasteiger partial charge in [-0.25, -0.2) is 0 Å². The minimum absolute atomic E-state index is 0.171. The maximum Gasteiger partial charge on any atom is 0.309 e. The van der Waals surface area contributed by atoms with E-state index < -0.39 is 5.79 Å². The van der Waals surface area contributed by atoms with Crippen LogP contribution in [0.3, 0.4) is 0 Å². The topological polar surface area (TPSA) is 60.9 Å². The summed E-state index contributed by atoms with van der Waals surface area (Å²) in [6.07, 6.45) is 4.84. The quantitative estimate of drug-likeness (QED) is 0.531. The number of para-hydroxylation sites is 1. The lowest BCUT2D eigenvalue weighted by Gasteiger charge is -2.29. The fourth-order valence-corrected chi connectivity index (χ4v) is 3.71. The Labute approximate surface area is 175 Å². The molecule has 0 unspecified atom stereocenters. The van der Waals surface area contributed by atoms with Crippen LogP contribution < -0.4 is 14.4 Å². The van der Waals surface area contributed by atoms with E-state index in [2.05, 4.69) is 16.0 Å². The van der Waals surface area contributed by atoms with Crippen molar-refractivity contribution in [3.05, 3.63) is 58.9 Å². The molecule has 2 aromatic rings. The number of rotatable bonds is 5. The maximum atomic E-state index is 11.7. The van der Waals surface area contributed by atoms with Gasteiger partial charge in [0.25, 0.3) is 5.79 Å². The molecule has 0 aliphatic carbocycles. The van der Waals surface area contributed by atoms with E-state index in [1.165, 1.54) is 0 Å². The third kappa shape index (κ3) is 4.03. The Morgan fingerprint density at radius 2 is 2.17 bits per heavy atom. The molecule has 0 amide bonds. The first-order valence-electron chi connectivity index (χ1n) is 9.70. The van der Waals surface area contributed by atoms with Gasteiger partial charge in [0.15, 0.2) is 11.5 Å². The molecule has 29 heavy (non-hydrogen) atoms. The highest BCUT2D eigenvalue weighted by Gasteiger charge is 2.42. The molecule has 0 fully saturated rings. The largest absolute Gasteiger partial charge is 0.466 e. The molecule has 1 aromatic heterocycles. The van der Waals surface area contributed by atoms with Crippen LogP contribution in [0.2, 0.25) is 5.02 Å². The molecule has 2 aliphatic rings. The number of benzene rings is 1. The van der Waals surface area contributed by atoms with Gasteiger partial charge in [-0.2, -0.15) is 0 Å². The van der Waals surface area contributed by atoms with Crippen molar-refractivity contribution in [1.82, 2.24) is 4.98 Å². The Morgan fingerprint density at radius 1 is 1.31 bits per heavy atom. The third-order valence-corrected chi connectivity index (χ3v) is 5.30.